The summed E-state index contributed by atoms with van der Waals surface area (Å²) in [6, 6.07) is 1.44. The summed E-state index contributed by atoms with van der Waals surface area (Å²) < 4.78 is 0. The second-order valence-electron chi connectivity index (χ2n) is 4.00. The van der Waals surface area contributed by atoms with E-state index in [2.05, 4.69) is 10.3 Å². The van der Waals surface area contributed by atoms with Crippen LogP contribution in [0.5, 0.6) is 0 Å². The van der Waals surface area contributed by atoms with Gasteiger partial charge in [0.15, 0.2) is 0 Å². The maximum atomic E-state index is 11.7. The molecule has 2 heterocycles. The average Bonchev–Trinajstić information content (AvgIpc) is 2.58. The molecule has 0 bridgehead atoms. The molecule has 2 rings (SSSR count). The van der Waals surface area contributed by atoms with Crippen LogP contribution in [-0.2, 0) is 4.79 Å². The zero-order chi connectivity index (χ0) is 11.9. The number of hydrogen-bond donors (Lipinski definition) is 3. The van der Waals surface area contributed by atoms with Gasteiger partial charge in [-0.05, 0) is 12.0 Å². The van der Waals surface area contributed by atoms with Crippen molar-refractivity contribution in [1.82, 2.24) is 4.98 Å². The fourth-order valence-electron chi connectivity index (χ4n) is 1.56. The zero-order valence-electron chi connectivity index (χ0n) is 8.90. The van der Waals surface area contributed by atoms with Crippen molar-refractivity contribution < 1.29 is 14.7 Å². The number of carbonyl (C=O) groups excluding carboxylic acids is 1. The van der Waals surface area contributed by atoms with E-state index >= 15 is 0 Å². The van der Waals surface area contributed by atoms with Crippen LogP contribution < -0.4 is 5.32 Å². The number of thioether (sulfide) groups is 1. The largest absolute Gasteiger partial charge is 0.477 e. The van der Waals surface area contributed by atoms with Gasteiger partial charge >= 0.3 is 5.97 Å². The standard InChI is InChI=1S/C10H12N2O3S/c1-4(2)7-8(13)11-5-3-6(10(14)15)12-9(5)16-7/h3-4,7,12H,1-2H3,(H,11,13)(H,14,15). The van der Waals surface area contributed by atoms with Gasteiger partial charge in [0.2, 0.25) is 5.91 Å². The number of aromatic amines is 1. The van der Waals surface area contributed by atoms with Crippen molar-refractivity contribution in [3.05, 3.63) is 11.8 Å². The summed E-state index contributed by atoms with van der Waals surface area (Å²) in [5.41, 5.74) is 0.659. The SMILES string of the molecule is CC(C)C1Sc2[nH]c(C(=O)O)cc2NC1=O. The number of carboxylic acid groups (broad SMARTS) is 1. The third-order valence-electron chi connectivity index (χ3n) is 2.38. The predicted octanol–water partition coefficient (Wildman–Crippen LogP) is 1.78. The van der Waals surface area contributed by atoms with Crippen LogP contribution in [0.2, 0.25) is 0 Å². The molecule has 0 radical (unpaired) electrons. The number of nitrogens with one attached hydrogen (secondary N) is 2. The molecule has 86 valence electrons. The number of carbonyl (C=O) groups is 2. The van der Waals surface area contributed by atoms with Crippen LogP contribution in [0.15, 0.2) is 11.1 Å². The molecule has 1 aromatic rings. The molecular weight excluding hydrogens is 228 g/mol. The quantitative estimate of drug-likeness (QED) is 0.736. The highest BCUT2D eigenvalue weighted by Crippen LogP contribution is 2.38. The Labute approximate surface area is 96.6 Å². The lowest BCUT2D eigenvalue weighted by atomic mass is 10.1. The first-order valence-corrected chi connectivity index (χ1v) is 5.81. The van der Waals surface area contributed by atoms with Gasteiger partial charge in [0.05, 0.1) is 16.0 Å². The monoisotopic (exact) mass is 240 g/mol. The number of H-pyrrole nitrogens is 1. The van der Waals surface area contributed by atoms with Gasteiger partial charge in [0.1, 0.15) is 5.69 Å². The number of aromatic nitrogens is 1. The highest BCUT2D eigenvalue weighted by Gasteiger charge is 2.31. The minimum atomic E-state index is -1.02. The Balaban J connectivity index is 2.32. The number of hydrogen-bond acceptors (Lipinski definition) is 3. The van der Waals surface area contributed by atoms with Crippen molar-refractivity contribution in [3.63, 3.8) is 0 Å². The summed E-state index contributed by atoms with van der Waals surface area (Å²) in [5.74, 6) is -0.886. The Morgan fingerprint density at radius 2 is 2.25 bits per heavy atom. The van der Waals surface area contributed by atoms with Crippen molar-refractivity contribution >= 4 is 29.3 Å². The number of fused-ring (bicyclic) bond motifs is 1. The Morgan fingerprint density at radius 1 is 1.56 bits per heavy atom. The minimum absolute atomic E-state index is 0.0663. The molecule has 1 amide bonds. The van der Waals surface area contributed by atoms with Crippen molar-refractivity contribution in [2.24, 2.45) is 5.92 Å². The smallest absolute Gasteiger partial charge is 0.352 e. The Kier molecular flexibility index (Phi) is 2.67. The first-order chi connectivity index (χ1) is 7.49. The third-order valence-corrected chi connectivity index (χ3v) is 3.95. The number of amides is 1. The van der Waals surface area contributed by atoms with Gasteiger partial charge in [-0.15, -0.1) is 0 Å². The van der Waals surface area contributed by atoms with Crippen molar-refractivity contribution in [2.45, 2.75) is 24.1 Å². The molecule has 0 saturated carbocycles. The van der Waals surface area contributed by atoms with Crippen LogP contribution in [0.1, 0.15) is 24.3 Å². The lowest BCUT2D eigenvalue weighted by molar-refractivity contribution is -0.116. The van der Waals surface area contributed by atoms with Crippen molar-refractivity contribution in [1.29, 1.82) is 0 Å². The predicted molar refractivity (Wildman–Crippen MR) is 60.9 cm³/mol. The third kappa shape index (κ3) is 1.80. The first-order valence-electron chi connectivity index (χ1n) is 4.93. The van der Waals surface area contributed by atoms with Gasteiger partial charge in [-0.1, -0.05) is 25.6 Å². The van der Waals surface area contributed by atoms with Crippen LogP contribution in [0.3, 0.4) is 0 Å². The fraction of sp³-hybridized carbons (Fsp3) is 0.400. The molecule has 0 aromatic carbocycles. The number of anilines is 1. The highest BCUT2D eigenvalue weighted by molar-refractivity contribution is 8.00. The lowest BCUT2D eigenvalue weighted by Gasteiger charge is -2.23. The molecule has 1 aliphatic rings. The van der Waals surface area contributed by atoms with Gasteiger partial charge < -0.3 is 15.4 Å². The number of rotatable bonds is 2. The molecule has 3 N–H and O–H groups in total. The zero-order valence-corrected chi connectivity index (χ0v) is 9.72. The summed E-state index contributed by atoms with van der Waals surface area (Å²) in [4.78, 5) is 25.2. The Bertz CT molecular complexity index is 453. The van der Waals surface area contributed by atoms with E-state index in [0.29, 0.717) is 5.69 Å². The molecule has 16 heavy (non-hydrogen) atoms. The summed E-state index contributed by atoms with van der Waals surface area (Å²) in [5, 5.41) is 12.1. The molecule has 6 heteroatoms. The van der Waals surface area contributed by atoms with E-state index in [-0.39, 0.29) is 22.8 Å². The number of carboxylic acids is 1. The highest BCUT2D eigenvalue weighted by atomic mass is 32.2. The number of aromatic carboxylic acids is 1. The van der Waals surface area contributed by atoms with Gasteiger partial charge in [0.25, 0.3) is 0 Å². The summed E-state index contributed by atoms with van der Waals surface area (Å²) in [6.07, 6.45) is 0. The maximum absolute atomic E-state index is 11.7. The van der Waals surface area contributed by atoms with E-state index in [4.69, 9.17) is 5.11 Å². The van der Waals surface area contributed by atoms with Crippen LogP contribution in [-0.4, -0.2) is 27.2 Å². The van der Waals surface area contributed by atoms with E-state index in [1.807, 2.05) is 13.8 Å². The van der Waals surface area contributed by atoms with E-state index in [1.165, 1.54) is 17.8 Å². The van der Waals surface area contributed by atoms with Gasteiger partial charge in [0, 0.05) is 0 Å². The van der Waals surface area contributed by atoms with Gasteiger partial charge in [-0.25, -0.2) is 4.79 Å². The second-order valence-corrected chi connectivity index (χ2v) is 5.15. The molecule has 1 unspecified atom stereocenters. The van der Waals surface area contributed by atoms with Gasteiger partial charge in [-0.3, -0.25) is 4.79 Å². The molecule has 0 aliphatic carbocycles. The minimum Gasteiger partial charge on any atom is -0.477 e. The summed E-state index contributed by atoms with van der Waals surface area (Å²) >= 11 is 1.38. The Hall–Kier alpha value is -1.43. The fourth-order valence-corrected chi connectivity index (χ4v) is 2.66. The van der Waals surface area contributed by atoms with Gasteiger partial charge in [-0.2, -0.15) is 0 Å². The van der Waals surface area contributed by atoms with Crippen LogP contribution >= 0.6 is 11.8 Å². The van der Waals surface area contributed by atoms with Crippen LogP contribution in [0.25, 0.3) is 0 Å². The van der Waals surface area contributed by atoms with Crippen LogP contribution in [0.4, 0.5) is 5.69 Å². The average molecular weight is 240 g/mol. The molecule has 1 atom stereocenters. The van der Waals surface area contributed by atoms with E-state index in [9.17, 15) is 9.59 Å². The molecule has 1 aliphatic heterocycles. The maximum Gasteiger partial charge on any atom is 0.352 e. The first kappa shape index (κ1) is 11.1. The Morgan fingerprint density at radius 3 is 2.81 bits per heavy atom. The molecule has 5 nitrogen and oxygen atoms in total. The molecule has 0 saturated heterocycles. The lowest BCUT2D eigenvalue weighted by Crippen LogP contribution is -2.32. The second kappa shape index (κ2) is 3.86. The van der Waals surface area contributed by atoms with E-state index < -0.39 is 5.97 Å². The van der Waals surface area contributed by atoms with E-state index in [0.717, 1.165) is 5.03 Å². The summed E-state index contributed by atoms with van der Waals surface area (Å²) in [7, 11) is 0. The molecule has 0 fully saturated rings. The summed E-state index contributed by atoms with van der Waals surface area (Å²) in [6.45, 7) is 3.92. The van der Waals surface area contributed by atoms with Crippen molar-refractivity contribution in [3.8, 4) is 0 Å². The topological polar surface area (TPSA) is 82.2 Å². The molecule has 1 aromatic heterocycles. The normalized spacial score (nSPS) is 19.4. The van der Waals surface area contributed by atoms with Crippen molar-refractivity contribution in [2.75, 3.05) is 5.32 Å². The van der Waals surface area contributed by atoms with E-state index in [1.54, 1.807) is 0 Å². The molecular formula is C10H12N2O3S. The van der Waals surface area contributed by atoms with Crippen LogP contribution in [0, 0.1) is 5.92 Å². The molecule has 0 spiro atoms.